The summed E-state index contributed by atoms with van der Waals surface area (Å²) < 4.78 is 0. The number of benzene rings is 1. The molecule has 0 amide bonds. The first-order chi connectivity index (χ1) is 6.54. The van der Waals surface area contributed by atoms with Gasteiger partial charge < -0.3 is 15.9 Å². The number of aliphatic hydroxyl groups is 1. The summed E-state index contributed by atoms with van der Waals surface area (Å²) in [6.45, 7) is 0. The number of nitrogens with two attached hydrogens (primary N) is 1. The summed E-state index contributed by atoms with van der Waals surface area (Å²) in [5.74, 6) is -1.27. The second-order valence-corrected chi connectivity index (χ2v) is 3.24. The minimum Gasteiger partial charge on any atom is -0.480 e. The molecule has 0 aliphatic heterocycles. The molecule has 0 bridgehead atoms. The van der Waals surface area contributed by atoms with E-state index in [1.54, 1.807) is 18.2 Å². The van der Waals surface area contributed by atoms with Crippen LogP contribution in [-0.2, 0) is 4.79 Å². The maximum absolute atomic E-state index is 10.5. The maximum atomic E-state index is 10.5. The zero-order valence-corrected chi connectivity index (χ0v) is 7.98. The number of aliphatic hydroxyl groups excluding tert-OH is 1. The molecule has 4 N–H and O–H groups in total. The van der Waals surface area contributed by atoms with Gasteiger partial charge in [0.2, 0.25) is 0 Å². The van der Waals surface area contributed by atoms with Crippen molar-refractivity contribution in [2.45, 2.75) is 12.1 Å². The lowest BCUT2D eigenvalue weighted by atomic mass is 10.0. The van der Waals surface area contributed by atoms with E-state index in [2.05, 4.69) is 0 Å². The van der Waals surface area contributed by atoms with E-state index in [4.69, 9.17) is 22.4 Å². The van der Waals surface area contributed by atoms with E-state index in [0.717, 1.165) is 0 Å². The number of rotatable bonds is 3. The summed E-state index contributed by atoms with van der Waals surface area (Å²) in [6.07, 6.45) is -1.29. The van der Waals surface area contributed by atoms with Crippen molar-refractivity contribution >= 4 is 17.6 Å². The van der Waals surface area contributed by atoms with Crippen molar-refractivity contribution in [1.29, 1.82) is 0 Å². The minimum atomic E-state index is -1.37. The molecular weight excluding hydrogens is 206 g/mol. The SMILES string of the molecule is NC(C(=O)O)C(O)c1ccccc1Cl. The highest BCUT2D eigenvalue weighted by atomic mass is 35.5. The molecule has 4 nitrogen and oxygen atoms in total. The third-order valence-electron chi connectivity index (χ3n) is 1.85. The van der Waals surface area contributed by atoms with Gasteiger partial charge in [0.1, 0.15) is 12.1 Å². The van der Waals surface area contributed by atoms with Crippen LogP contribution in [0.25, 0.3) is 0 Å². The third kappa shape index (κ3) is 2.23. The second-order valence-electron chi connectivity index (χ2n) is 2.83. The number of carboxylic acid groups (broad SMARTS) is 1. The van der Waals surface area contributed by atoms with E-state index in [1.807, 2.05) is 0 Å². The van der Waals surface area contributed by atoms with Gasteiger partial charge in [0, 0.05) is 10.6 Å². The van der Waals surface area contributed by atoms with Crippen molar-refractivity contribution in [3.8, 4) is 0 Å². The fourth-order valence-electron chi connectivity index (χ4n) is 1.04. The van der Waals surface area contributed by atoms with E-state index in [1.165, 1.54) is 6.07 Å². The quantitative estimate of drug-likeness (QED) is 0.696. The number of hydrogen-bond acceptors (Lipinski definition) is 3. The smallest absolute Gasteiger partial charge is 0.323 e. The maximum Gasteiger partial charge on any atom is 0.323 e. The van der Waals surface area contributed by atoms with Gasteiger partial charge in [0.05, 0.1) is 0 Å². The van der Waals surface area contributed by atoms with E-state index >= 15 is 0 Å². The van der Waals surface area contributed by atoms with Crippen LogP contribution >= 0.6 is 11.6 Å². The normalized spacial score (nSPS) is 14.8. The van der Waals surface area contributed by atoms with Crippen LogP contribution in [0, 0.1) is 0 Å². The van der Waals surface area contributed by atoms with Gasteiger partial charge in [-0.15, -0.1) is 0 Å². The molecule has 0 aliphatic rings. The lowest BCUT2D eigenvalue weighted by molar-refractivity contribution is -0.141. The first kappa shape index (κ1) is 11.0. The molecule has 1 rings (SSSR count). The van der Waals surface area contributed by atoms with Gasteiger partial charge in [-0.25, -0.2) is 0 Å². The molecule has 0 fully saturated rings. The molecule has 0 heterocycles. The second kappa shape index (κ2) is 4.41. The van der Waals surface area contributed by atoms with E-state index < -0.39 is 18.1 Å². The predicted molar refractivity (Wildman–Crippen MR) is 52.0 cm³/mol. The lowest BCUT2D eigenvalue weighted by Gasteiger charge is -2.16. The lowest BCUT2D eigenvalue weighted by Crippen LogP contribution is -2.36. The fourth-order valence-corrected chi connectivity index (χ4v) is 1.29. The molecule has 1 aromatic carbocycles. The molecule has 1 aromatic rings. The summed E-state index contributed by atoms with van der Waals surface area (Å²) in [5.41, 5.74) is 5.58. The van der Waals surface area contributed by atoms with Crippen molar-refractivity contribution in [3.05, 3.63) is 34.9 Å². The zero-order chi connectivity index (χ0) is 10.7. The summed E-state index contributed by atoms with van der Waals surface area (Å²) in [4.78, 5) is 10.5. The topological polar surface area (TPSA) is 83.6 Å². The Morgan fingerprint density at radius 1 is 1.43 bits per heavy atom. The van der Waals surface area contributed by atoms with Crippen LogP contribution in [-0.4, -0.2) is 22.2 Å². The van der Waals surface area contributed by atoms with Gasteiger partial charge >= 0.3 is 5.97 Å². The number of hydrogen-bond donors (Lipinski definition) is 3. The van der Waals surface area contributed by atoms with E-state index in [9.17, 15) is 9.90 Å². The largest absolute Gasteiger partial charge is 0.480 e. The molecule has 0 radical (unpaired) electrons. The highest BCUT2D eigenvalue weighted by Crippen LogP contribution is 2.24. The van der Waals surface area contributed by atoms with Gasteiger partial charge in [-0.2, -0.15) is 0 Å². The van der Waals surface area contributed by atoms with Crippen molar-refractivity contribution < 1.29 is 15.0 Å². The predicted octanol–water partition coefficient (Wildman–Crippen LogP) is 0.785. The summed E-state index contributed by atoms with van der Waals surface area (Å²) in [7, 11) is 0. The molecular formula is C9H10ClNO3. The third-order valence-corrected chi connectivity index (χ3v) is 2.19. The molecule has 0 saturated carbocycles. The molecule has 0 spiro atoms. The first-order valence-corrected chi connectivity index (χ1v) is 4.32. The molecule has 2 atom stereocenters. The van der Waals surface area contributed by atoms with Gasteiger partial charge in [0.25, 0.3) is 0 Å². The average Bonchev–Trinajstić information content (AvgIpc) is 2.16. The van der Waals surface area contributed by atoms with Crippen LogP contribution in [0.5, 0.6) is 0 Å². The van der Waals surface area contributed by atoms with Gasteiger partial charge in [-0.1, -0.05) is 29.8 Å². The number of aliphatic carboxylic acids is 1. The Bertz CT molecular complexity index is 343. The Hall–Kier alpha value is -1.10. The van der Waals surface area contributed by atoms with Crippen LogP contribution in [0.4, 0.5) is 0 Å². The molecule has 14 heavy (non-hydrogen) atoms. The van der Waals surface area contributed by atoms with Crippen LogP contribution in [0.2, 0.25) is 5.02 Å². The highest BCUT2D eigenvalue weighted by Gasteiger charge is 2.24. The number of carbonyl (C=O) groups is 1. The van der Waals surface area contributed by atoms with Gasteiger partial charge in [-0.3, -0.25) is 4.79 Å². The number of halogens is 1. The highest BCUT2D eigenvalue weighted by molar-refractivity contribution is 6.31. The van der Waals surface area contributed by atoms with Crippen molar-refractivity contribution in [1.82, 2.24) is 0 Å². The van der Waals surface area contributed by atoms with Gasteiger partial charge in [-0.05, 0) is 6.07 Å². The zero-order valence-electron chi connectivity index (χ0n) is 7.22. The molecule has 0 saturated heterocycles. The van der Waals surface area contributed by atoms with Crippen molar-refractivity contribution in [3.63, 3.8) is 0 Å². The van der Waals surface area contributed by atoms with Crippen molar-refractivity contribution in [2.24, 2.45) is 5.73 Å². The van der Waals surface area contributed by atoms with E-state index in [-0.39, 0.29) is 0 Å². The standard InChI is InChI=1S/C9H10ClNO3/c10-6-4-2-1-3-5(6)8(12)7(11)9(13)14/h1-4,7-8,12H,11H2,(H,13,14). The Kier molecular flexibility index (Phi) is 3.46. The summed E-state index contributed by atoms with van der Waals surface area (Å²) in [6, 6.07) is 5.07. The molecule has 0 aromatic heterocycles. The summed E-state index contributed by atoms with van der Waals surface area (Å²) in [5, 5.41) is 18.4. The fraction of sp³-hybridized carbons (Fsp3) is 0.222. The van der Waals surface area contributed by atoms with Gasteiger partial charge in [0.15, 0.2) is 0 Å². The van der Waals surface area contributed by atoms with E-state index in [0.29, 0.717) is 10.6 Å². The molecule has 5 heteroatoms. The Balaban J connectivity index is 2.94. The van der Waals surface area contributed by atoms with Crippen LogP contribution < -0.4 is 5.73 Å². The number of carboxylic acids is 1. The van der Waals surface area contributed by atoms with Crippen LogP contribution in [0.15, 0.2) is 24.3 Å². The van der Waals surface area contributed by atoms with Crippen LogP contribution in [0.1, 0.15) is 11.7 Å². The van der Waals surface area contributed by atoms with Crippen molar-refractivity contribution in [2.75, 3.05) is 0 Å². The molecule has 76 valence electrons. The Labute approximate surface area is 85.9 Å². The molecule has 2 unspecified atom stereocenters. The minimum absolute atomic E-state index is 0.303. The Morgan fingerprint density at radius 3 is 2.50 bits per heavy atom. The average molecular weight is 216 g/mol. The first-order valence-electron chi connectivity index (χ1n) is 3.95. The summed E-state index contributed by atoms with van der Waals surface area (Å²) >= 11 is 5.76. The molecule has 0 aliphatic carbocycles. The Morgan fingerprint density at radius 2 is 2.00 bits per heavy atom. The van der Waals surface area contributed by atoms with Crippen LogP contribution in [0.3, 0.4) is 0 Å². The monoisotopic (exact) mass is 215 g/mol.